The second-order valence-corrected chi connectivity index (χ2v) is 11.4. The van der Waals surface area contributed by atoms with Crippen LogP contribution < -0.4 is 4.74 Å². The minimum atomic E-state index is -3.58. The summed E-state index contributed by atoms with van der Waals surface area (Å²) in [5.74, 6) is -0.904. The van der Waals surface area contributed by atoms with Crippen molar-refractivity contribution in [1.29, 1.82) is 0 Å². The van der Waals surface area contributed by atoms with Crippen molar-refractivity contribution < 1.29 is 27.4 Å². The molecule has 0 aromatic heterocycles. The SMILES string of the molecule is Cc1ccc(S(=O)(=O)N2CCN(Cc3cc(CC(=O)O)ccc3OCc3ccc(Cl)cc3F)CC2)cc1. The van der Waals surface area contributed by atoms with E-state index < -0.39 is 21.8 Å². The first kappa shape index (κ1) is 27.1. The molecule has 1 N–H and O–H groups in total. The van der Waals surface area contributed by atoms with Crippen LogP contribution in [0.5, 0.6) is 5.75 Å². The summed E-state index contributed by atoms with van der Waals surface area (Å²) in [7, 11) is -3.58. The van der Waals surface area contributed by atoms with Crippen LogP contribution in [0.4, 0.5) is 4.39 Å². The maximum atomic E-state index is 14.2. The number of hydrogen-bond donors (Lipinski definition) is 1. The number of rotatable bonds is 9. The molecule has 0 radical (unpaired) electrons. The molecule has 0 saturated carbocycles. The van der Waals surface area contributed by atoms with Gasteiger partial charge in [0.1, 0.15) is 18.2 Å². The molecule has 0 amide bonds. The monoisotopic (exact) mass is 546 g/mol. The normalized spacial score (nSPS) is 15.0. The van der Waals surface area contributed by atoms with Crippen LogP contribution in [-0.2, 0) is 34.4 Å². The van der Waals surface area contributed by atoms with Gasteiger partial charge in [-0.2, -0.15) is 4.31 Å². The Labute approximate surface area is 221 Å². The second-order valence-electron chi connectivity index (χ2n) is 9.03. The predicted molar refractivity (Wildman–Crippen MR) is 139 cm³/mol. The first-order valence-corrected chi connectivity index (χ1v) is 13.6. The summed E-state index contributed by atoms with van der Waals surface area (Å²) in [6.07, 6.45) is -0.137. The zero-order chi connectivity index (χ0) is 26.6. The van der Waals surface area contributed by atoms with Crippen LogP contribution in [-0.4, -0.2) is 54.9 Å². The lowest BCUT2D eigenvalue weighted by Gasteiger charge is -2.34. The molecule has 7 nitrogen and oxygen atoms in total. The summed E-state index contributed by atoms with van der Waals surface area (Å²) in [4.78, 5) is 13.6. The summed E-state index contributed by atoms with van der Waals surface area (Å²) in [6, 6.07) is 16.3. The molecule has 0 unspecified atom stereocenters. The maximum absolute atomic E-state index is 14.2. The molecule has 196 valence electrons. The minimum Gasteiger partial charge on any atom is -0.488 e. The van der Waals surface area contributed by atoms with Crippen molar-refractivity contribution in [3.63, 3.8) is 0 Å². The van der Waals surface area contributed by atoms with Crippen molar-refractivity contribution in [2.45, 2.75) is 31.4 Å². The van der Waals surface area contributed by atoms with Crippen LogP contribution in [0.25, 0.3) is 0 Å². The van der Waals surface area contributed by atoms with Crippen LogP contribution in [0.3, 0.4) is 0 Å². The highest BCUT2D eigenvalue weighted by molar-refractivity contribution is 7.89. The zero-order valence-corrected chi connectivity index (χ0v) is 21.9. The number of ether oxygens (including phenoxy) is 1. The molecule has 1 fully saturated rings. The van der Waals surface area contributed by atoms with Gasteiger partial charge in [0, 0.05) is 48.9 Å². The van der Waals surface area contributed by atoms with Crippen molar-refractivity contribution in [2.75, 3.05) is 26.2 Å². The molecule has 4 rings (SSSR count). The van der Waals surface area contributed by atoms with Crippen molar-refractivity contribution in [2.24, 2.45) is 0 Å². The van der Waals surface area contributed by atoms with Gasteiger partial charge in [0.05, 0.1) is 11.3 Å². The van der Waals surface area contributed by atoms with Gasteiger partial charge in [-0.1, -0.05) is 47.5 Å². The van der Waals surface area contributed by atoms with Gasteiger partial charge in [-0.05, 0) is 42.8 Å². The number of halogens is 2. The third kappa shape index (κ3) is 6.87. The van der Waals surface area contributed by atoms with Crippen molar-refractivity contribution in [3.05, 3.63) is 93.8 Å². The molecule has 1 saturated heterocycles. The van der Waals surface area contributed by atoms with E-state index >= 15 is 0 Å². The average molecular weight is 547 g/mol. The number of carbonyl (C=O) groups is 1. The lowest BCUT2D eigenvalue weighted by atomic mass is 10.1. The molecule has 1 aliphatic heterocycles. The highest BCUT2D eigenvalue weighted by Crippen LogP contribution is 2.26. The smallest absolute Gasteiger partial charge is 0.307 e. The van der Waals surface area contributed by atoms with E-state index in [0.717, 1.165) is 11.1 Å². The highest BCUT2D eigenvalue weighted by Gasteiger charge is 2.28. The Bertz CT molecular complexity index is 1370. The standard InChI is InChI=1S/C27H28ClFN2O5S/c1-19-2-7-24(8-3-19)37(34,35)31-12-10-30(11-13-31)17-22-14-20(15-27(32)33)4-9-26(22)36-18-21-5-6-23(28)16-25(21)29/h2-9,14,16H,10-13,15,17-18H2,1H3,(H,32,33). The van der Waals surface area contributed by atoms with Gasteiger partial charge in [-0.15, -0.1) is 0 Å². The van der Waals surface area contributed by atoms with Gasteiger partial charge in [0.2, 0.25) is 10.0 Å². The van der Waals surface area contributed by atoms with Gasteiger partial charge >= 0.3 is 5.97 Å². The summed E-state index contributed by atoms with van der Waals surface area (Å²) >= 11 is 5.83. The summed E-state index contributed by atoms with van der Waals surface area (Å²) < 4.78 is 47.7. The number of benzene rings is 3. The zero-order valence-electron chi connectivity index (χ0n) is 20.4. The molecular weight excluding hydrogens is 519 g/mol. The molecule has 3 aromatic carbocycles. The van der Waals surface area contributed by atoms with Crippen molar-refractivity contribution >= 4 is 27.6 Å². The van der Waals surface area contributed by atoms with E-state index in [4.69, 9.17) is 16.3 Å². The fraction of sp³-hybridized carbons (Fsp3) is 0.296. The van der Waals surface area contributed by atoms with E-state index in [9.17, 15) is 22.7 Å². The van der Waals surface area contributed by atoms with Gasteiger partial charge in [0.25, 0.3) is 0 Å². The summed E-state index contributed by atoms with van der Waals surface area (Å²) in [5.41, 5.74) is 2.71. The van der Waals surface area contributed by atoms with Gasteiger partial charge in [-0.25, -0.2) is 12.8 Å². The maximum Gasteiger partial charge on any atom is 0.307 e. The molecule has 1 heterocycles. The average Bonchev–Trinajstić information content (AvgIpc) is 2.85. The second kappa shape index (κ2) is 11.6. The summed E-state index contributed by atoms with van der Waals surface area (Å²) in [5, 5.41) is 9.51. The molecule has 0 spiro atoms. The van der Waals surface area contributed by atoms with E-state index in [1.807, 2.05) is 6.92 Å². The third-order valence-electron chi connectivity index (χ3n) is 6.26. The van der Waals surface area contributed by atoms with Crippen LogP contribution in [0.2, 0.25) is 5.02 Å². The van der Waals surface area contributed by atoms with E-state index in [0.29, 0.717) is 54.6 Å². The van der Waals surface area contributed by atoms with E-state index in [1.165, 1.54) is 10.4 Å². The molecule has 0 atom stereocenters. The lowest BCUT2D eigenvalue weighted by molar-refractivity contribution is -0.136. The van der Waals surface area contributed by atoms with Crippen molar-refractivity contribution in [1.82, 2.24) is 9.21 Å². The Kier molecular flexibility index (Phi) is 8.49. The Morgan fingerprint density at radius 3 is 2.35 bits per heavy atom. The quantitative estimate of drug-likeness (QED) is 0.425. The highest BCUT2D eigenvalue weighted by atomic mass is 35.5. The number of carboxylic acid groups (broad SMARTS) is 1. The molecule has 0 bridgehead atoms. The Morgan fingerprint density at radius 1 is 1.00 bits per heavy atom. The van der Waals surface area contributed by atoms with E-state index in [1.54, 1.807) is 54.6 Å². The minimum absolute atomic E-state index is 0.0170. The number of nitrogens with zero attached hydrogens (tertiary/aromatic N) is 2. The predicted octanol–water partition coefficient (Wildman–Crippen LogP) is 4.50. The van der Waals surface area contributed by atoms with Crippen LogP contribution in [0, 0.1) is 12.7 Å². The Hall–Kier alpha value is -2.98. The summed E-state index contributed by atoms with van der Waals surface area (Å²) in [6.45, 7) is 3.99. The van der Waals surface area contributed by atoms with Crippen LogP contribution in [0.15, 0.2) is 65.6 Å². The first-order valence-electron chi connectivity index (χ1n) is 11.8. The number of sulfonamides is 1. The Balaban J connectivity index is 1.46. The third-order valence-corrected chi connectivity index (χ3v) is 8.41. The molecule has 37 heavy (non-hydrogen) atoms. The fourth-order valence-electron chi connectivity index (χ4n) is 4.20. The van der Waals surface area contributed by atoms with Gasteiger partial charge in [-0.3, -0.25) is 9.69 Å². The van der Waals surface area contributed by atoms with E-state index in [-0.39, 0.29) is 17.9 Å². The lowest BCUT2D eigenvalue weighted by Crippen LogP contribution is -2.48. The number of aryl methyl sites for hydroxylation is 1. The largest absolute Gasteiger partial charge is 0.488 e. The number of hydrogen-bond acceptors (Lipinski definition) is 5. The Morgan fingerprint density at radius 2 is 1.70 bits per heavy atom. The van der Waals surface area contributed by atoms with Crippen molar-refractivity contribution in [3.8, 4) is 5.75 Å². The van der Waals surface area contributed by atoms with Crippen LogP contribution in [0.1, 0.15) is 22.3 Å². The molecule has 0 aliphatic carbocycles. The molecular formula is C27H28ClFN2O5S. The fourth-order valence-corrected chi connectivity index (χ4v) is 5.79. The number of piperazine rings is 1. The topological polar surface area (TPSA) is 87.2 Å². The van der Waals surface area contributed by atoms with E-state index in [2.05, 4.69) is 4.90 Å². The van der Waals surface area contributed by atoms with Gasteiger partial charge in [0.15, 0.2) is 0 Å². The molecule has 10 heteroatoms. The van der Waals surface area contributed by atoms with Crippen LogP contribution >= 0.6 is 11.6 Å². The van der Waals surface area contributed by atoms with Gasteiger partial charge < -0.3 is 9.84 Å². The number of carboxylic acids is 1. The number of aliphatic carboxylic acids is 1. The first-order chi connectivity index (χ1) is 17.6. The molecule has 1 aliphatic rings. The molecule has 3 aromatic rings.